The van der Waals surface area contributed by atoms with Crippen molar-refractivity contribution >= 4 is 11.8 Å². The number of rotatable bonds is 3. The molecule has 0 bridgehead atoms. The van der Waals surface area contributed by atoms with E-state index in [9.17, 15) is 9.59 Å². The second kappa shape index (κ2) is 6.65. The maximum absolute atomic E-state index is 11.7. The third-order valence-electron chi connectivity index (χ3n) is 3.79. The molecule has 0 saturated carbocycles. The normalized spacial score (nSPS) is 18.4. The van der Waals surface area contributed by atoms with E-state index in [2.05, 4.69) is 9.97 Å². The van der Waals surface area contributed by atoms with E-state index in [1.54, 1.807) is 27.2 Å². The van der Waals surface area contributed by atoms with Crippen LogP contribution >= 0.6 is 0 Å². The standard InChI is InChI=1S/C15H22N4O2/c1-11(20)19-6-4-5-12(10-19)7-13-8-17-14(9-16-13)15(21)18(2)3/h8-9,12H,4-7,10H2,1-3H3. The van der Waals surface area contributed by atoms with Gasteiger partial charge in [0, 0.05) is 40.3 Å². The molecule has 6 nitrogen and oxygen atoms in total. The van der Waals surface area contributed by atoms with Crippen molar-refractivity contribution < 1.29 is 9.59 Å². The number of piperidine rings is 1. The van der Waals surface area contributed by atoms with E-state index < -0.39 is 0 Å². The molecule has 0 aromatic carbocycles. The molecule has 1 unspecified atom stereocenters. The van der Waals surface area contributed by atoms with Gasteiger partial charge in [-0.2, -0.15) is 0 Å². The maximum atomic E-state index is 11.7. The number of carbonyl (C=O) groups is 2. The van der Waals surface area contributed by atoms with Crippen LogP contribution in [0.15, 0.2) is 12.4 Å². The molecular weight excluding hydrogens is 268 g/mol. The molecule has 1 aliphatic rings. The second-order valence-corrected chi connectivity index (χ2v) is 5.77. The van der Waals surface area contributed by atoms with Gasteiger partial charge in [0.05, 0.1) is 11.9 Å². The molecule has 114 valence electrons. The highest BCUT2D eigenvalue weighted by atomic mass is 16.2. The van der Waals surface area contributed by atoms with Crippen LogP contribution in [0, 0.1) is 5.92 Å². The molecule has 2 amide bonds. The van der Waals surface area contributed by atoms with E-state index in [-0.39, 0.29) is 11.8 Å². The summed E-state index contributed by atoms with van der Waals surface area (Å²) in [5, 5.41) is 0. The lowest BCUT2D eigenvalue weighted by molar-refractivity contribution is -0.130. The van der Waals surface area contributed by atoms with Crippen LogP contribution in [0.5, 0.6) is 0 Å². The first-order chi connectivity index (χ1) is 9.97. The highest BCUT2D eigenvalue weighted by Gasteiger charge is 2.22. The zero-order valence-corrected chi connectivity index (χ0v) is 12.9. The Balaban J connectivity index is 1.97. The Morgan fingerprint density at radius 2 is 2.10 bits per heavy atom. The molecule has 2 heterocycles. The van der Waals surface area contributed by atoms with E-state index in [1.807, 2.05) is 4.90 Å². The number of hydrogen-bond acceptors (Lipinski definition) is 4. The minimum absolute atomic E-state index is 0.137. The number of aromatic nitrogens is 2. The molecule has 1 aromatic rings. The molecule has 2 rings (SSSR count). The third kappa shape index (κ3) is 4.00. The zero-order chi connectivity index (χ0) is 15.4. The maximum Gasteiger partial charge on any atom is 0.273 e. The molecule has 1 fully saturated rings. The largest absolute Gasteiger partial charge is 0.343 e. The summed E-state index contributed by atoms with van der Waals surface area (Å²) in [6.07, 6.45) is 6.14. The minimum Gasteiger partial charge on any atom is -0.343 e. The fourth-order valence-electron chi connectivity index (χ4n) is 2.61. The summed E-state index contributed by atoms with van der Waals surface area (Å²) in [4.78, 5) is 35.1. The van der Waals surface area contributed by atoms with Gasteiger partial charge in [-0.15, -0.1) is 0 Å². The van der Waals surface area contributed by atoms with Crippen LogP contribution < -0.4 is 0 Å². The predicted molar refractivity (Wildman–Crippen MR) is 78.7 cm³/mol. The van der Waals surface area contributed by atoms with E-state index in [0.717, 1.165) is 38.0 Å². The molecule has 1 atom stereocenters. The number of nitrogens with zero attached hydrogens (tertiary/aromatic N) is 4. The SMILES string of the molecule is CC(=O)N1CCCC(Cc2cnc(C(=O)N(C)C)cn2)C1. The lowest BCUT2D eigenvalue weighted by atomic mass is 9.93. The molecule has 21 heavy (non-hydrogen) atoms. The summed E-state index contributed by atoms with van der Waals surface area (Å²) in [5.74, 6) is 0.416. The summed E-state index contributed by atoms with van der Waals surface area (Å²) in [7, 11) is 3.38. The molecular formula is C15H22N4O2. The van der Waals surface area contributed by atoms with Crippen molar-refractivity contribution in [1.29, 1.82) is 0 Å². The van der Waals surface area contributed by atoms with Gasteiger partial charge in [-0.25, -0.2) is 4.98 Å². The Kier molecular flexibility index (Phi) is 4.88. The lowest BCUT2D eigenvalue weighted by Crippen LogP contribution is -2.39. The van der Waals surface area contributed by atoms with Crippen LogP contribution in [0.4, 0.5) is 0 Å². The van der Waals surface area contributed by atoms with Gasteiger partial charge in [-0.05, 0) is 25.2 Å². The summed E-state index contributed by atoms with van der Waals surface area (Å²) >= 11 is 0. The molecule has 0 N–H and O–H groups in total. The molecule has 0 spiro atoms. The van der Waals surface area contributed by atoms with E-state index in [0.29, 0.717) is 11.6 Å². The third-order valence-corrected chi connectivity index (χ3v) is 3.79. The summed E-state index contributed by atoms with van der Waals surface area (Å²) < 4.78 is 0. The Morgan fingerprint density at radius 1 is 1.33 bits per heavy atom. The fraction of sp³-hybridized carbons (Fsp3) is 0.600. The number of carbonyl (C=O) groups excluding carboxylic acids is 2. The Morgan fingerprint density at radius 3 is 2.67 bits per heavy atom. The second-order valence-electron chi connectivity index (χ2n) is 5.77. The number of amides is 2. The van der Waals surface area contributed by atoms with Crippen molar-refractivity contribution in [3.8, 4) is 0 Å². The summed E-state index contributed by atoms with van der Waals surface area (Å²) in [5.41, 5.74) is 1.23. The molecule has 6 heteroatoms. The minimum atomic E-state index is -0.144. The Bertz CT molecular complexity index is 513. The summed E-state index contributed by atoms with van der Waals surface area (Å²) in [6.45, 7) is 3.26. The lowest BCUT2D eigenvalue weighted by Gasteiger charge is -2.31. The topological polar surface area (TPSA) is 66.4 Å². The highest BCUT2D eigenvalue weighted by molar-refractivity contribution is 5.91. The fourth-order valence-corrected chi connectivity index (χ4v) is 2.61. The van der Waals surface area contributed by atoms with E-state index >= 15 is 0 Å². The average molecular weight is 290 g/mol. The van der Waals surface area contributed by atoms with Gasteiger partial charge in [0.25, 0.3) is 5.91 Å². The average Bonchev–Trinajstić information content (AvgIpc) is 2.47. The zero-order valence-electron chi connectivity index (χ0n) is 12.9. The van der Waals surface area contributed by atoms with Gasteiger partial charge in [0.1, 0.15) is 5.69 Å². The highest BCUT2D eigenvalue weighted by Crippen LogP contribution is 2.20. The van der Waals surface area contributed by atoms with Crippen molar-refractivity contribution in [3.05, 3.63) is 23.8 Å². The molecule has 1 saturated heterocycles. The van der Waals surface area contributed by atoms with Crippen LogP contribution in [0.3, 0.4) is 0 Å². The molecule has 0 aliphatic carbocycles. The van der Waals surface area contributed by atoms with E-state index in [4.69, 9.17) is 0 Å². The first-order valence-corrected chi connectivity index (χ1v) is 7.25. The van der Waals surface area contributed by atoms with Gasteiger partial charge in [-0.3, -0.25) is 14.6 Å². The van der Waals surface area contributed by atoms with Gasteiger partial charge in [0.15, 0.2) is 0 Å². The van der Waals surface area contributed by atoms with Gasteiger partial charge in [-0.1, -0.05) is 0 Å². The molecule has 0 radical (unpaired) electrons. The van der Waals surface area contributed by atoms with Gasteiger partial charge < -0.3 is 9.80 Å². The van der Waals surface area contributed by atoms with Crippen LogP contribution in [-0.2, 0) is 11.2 Å². The van der Waals surface area contributed by atoms with Crippen LogP contribution in [-0.4, -0.2) is 58.8 Å². The Labute approximate surface area is 125 Å². The van der Waals surface area contributed by atoms with Gasteiger partial charge in [0.2, 0.25) is 5.91 Å². The van der Waals surface area contributed by atoms with Crippen LogP contribution in [0.25, 0.3) is 0 Å². The first-order valence-electron chi connectivity index (χ1n) is 7.25. The van der Waals surface area contributed by atoms with E-state index in [1.165, 1.54) is 11.1 Å². The van der Waals surface area contributed by atoms with Crippen molar-refractivity contribution in [2.24, 2.45) is 5.92 Å². The Hall–Kier alpha value is -1.98. The number of likely N-dealkylation sites (tertiary alicyclic amines) is 1. The van der Waals surface area contributed by atoms with Crippen molar-refractivity contribution in [3.63, 3.8) is 0 Å². The molecule has 1 aliphatic heterocycles. The van der Waals surface area contributed by atoms with Gasteiger partial charge >= 0.3 is 0 Å². The van der Waals surface area contributed by atoms with Crippen LogP contribution in [0.2, 0.25) is 0 Å². The van der Waals surface area contributed by atoms with Crippen molar-refractivity contribution in [2.75, 3.05) is 27.2 Å². The van der Waals surface area contributed by atoms with Crippen molar-refractivity contribution in [2.45, 2.75) is 26.2 Å². The van der Waals surface area contributed by atoms with Crippen LogP contribution in [0.1, 0.15) is 35.9 Å². The smallest absolute Gasteiger partial charge is 0.273 e. The quantitative estimate of drug-likeness (QED) is 0.832. The first kappa shape index (κ1) is 15.4. The molecule has 1 aromatic heterocycles. The predicted octanol–water partition coefficient (Wildman–Crippen LogP) is 0.979. The number of hydrogen-bond donors (Lipinski definition) is 0. The summed E-state index contributed by atoms with van der Waals surface area (Å²) in [6, 6.07) is 0. The monoisotopic (exact) mass is 290 g/mol. The van der Waals surface area contributed by atoms with Crippen molar-refractivity contribution in [1.82, 2.24) is 19.8 Å².